The molecule has 1 aliphatic rings. The van der Waals surface area contributed by atoms with Crippen LogP contribution in [0.15, 0.2) is 47.1 Å². The van der Waals surface area contributed by atoms with Crippen molar-refractivity contribution in [3.05, 3.63) is 53.2 Å². The molecule has 0 saturated heterocycles. The van der Waals surface area contributed by atoms with Crippen LogP contribution in [-0.2, 0) is 9.53 Å². The molecule has 0 atom stereocenters. The molecule has 0 fully saturated rings. The number of cyclic esters (lactones) is 1. The van der Waals surface area contributed by atoms with Crippen molar-refractivity contribution in [2.24, 2.45) is 4.99 Å². The van der Waals surface area contributed by atoms with Crippen molar-refractivity contribution < 1.29 is 28.5 Å². The summed E-state index contributed by atoms with van der Waals surface area (Å²) in [5.41, 5.74) is 1.52. The molecule has 3 rings (SSSR count). The summed E-state index contributed by atoms with van der Waals surface area (Å²) in [7, 11) is 4.68. The third-order valence-electron chi connectivity index (χ3n) is 4.17. The Morgan fingerprint density at radius 2 is 1.69 bits per heavy atom. The minimum Gasteiger partial charge on any atom is -0.497 e. The summed E-state index contributed by atoms with van der Waals surface area (Å²) in [4.78, 5) is 16.7. The number of hydrogen-bond donors (Lipinski definition) is 0. The van der Waals surface area contributed by atoms with Crippen molar-refractivity contribution in [1.82, 2.24) is 0 Å². The summed E-state index contributed by atoms with van der Waals surface area (Å²) in [5.74, 6) is 2.04. The first kappa shape index (κ1) is 20.3. The first-order valence-electron chi connectivity index (χ1n) is 9.14. The van der Waals surface area contributed by atoms with Gasteiger partial charge < -0.3 is 23.7 Å². The van der Waals surface area contributed by atoms with E-state index in [1.807, 2.05) is 13.0 Å². The number of methoxy groups -OCH3 is 3. The highest BCUT2D eigenvalue weighted by molar-refractivity contribution is 6.13. The zero-order valence-electron chi connectivity index (χ0n) is 16.9. The van der Waals surface area contributed by atoms with Crippen molar-refractivity contribution in [3.63, 3.8) is 0 Å². The van der Waals surface area contributed by atoms with Gasteiger partial charge in [-0.15, -0.1) is 0 Å². The van der Waals surface area contributed by atoms with Crippen LogP contribution in [0.1, 0.15) is 24.5 Å². The maximum Gasteiger partial charge on any atom is 0.363 e. The molecule has 7 nitrogen and oxygen atoms in total. The maximum absolute atomic E-state index is 12.3. The second kappa shape index (κ2) is 9.14. The van der Waals surface area contributed by atoms with E-state index in [4.69, 9.17) is 23.7 Å². The molecule has 7 heteroatoms. The standard InChI is InChI=1S/C22H23NO6/c1-5-8-28-20-10-14(6-7-19(20)27-4)9-18-22(24)29-21(23-18)15-11-16(25-2)13-17(12-15)26-3/h6-7,9-13H,5,8H2,1-4H3/b18-9-. The van der Waals surface area contributed by atoms with Crippen LogP contribution in [0.5, 0.6) is 23.0 Å². The summed E-state index contributed by atoms with van der Waals surface area (Å²) in [5, 5.41) is 0. The molecule has 2 aromatic carbocycles. The van der Waals surface area contributed by atoms with E-state index in [2.05, 4.69) is 4.99 Å². The van der Waals surface area contributed by atoms with Gasteiger partial charge in [0.15, 0.2) is 17.2 Å². The molecule has 1 heterocycles. The number of aliphatic imine (C=N–C) groups is 1. The fourth-order valence-corrected chi connectivity index (χ4v) is 2.73. The molecule has 0 amide bonds. The van der Waals surface area contributed by atoms with Gasteiger partial charge in [-0.3, -0.25) is 0 Å². The van der Waals surface area contributed by atoms with Gasteiger partial charge in [-0.25, -0.2) is 9.79 Å². The molecule has 2 aromatic rings. The normalized spacial score (nSPS) is 14.4. The highest BCUT2D eigenvalue weighted by Gasteiger charge is 2.25. The Labute approximate surface area is 169 Å². The second-order valence-corrected chi connectivity index (χ2v) is 6.20. The van der Waals surface area contributed by atoms with Gasteiger partial charge in [0.1, 0.15) is 11.5 Å². The lowest BCUT2D eigenvalue weighted by molar-refractivity contribution is -0.129. The quantitative estimate of drug-likeness (QED) is 0.498. The SMILES string of the molecule is CCCOc1cc(/C=C2\N=C(c3cc(OC)cc(OC)c3)OC2=O)ccc1OC. The van der Waals surface area contributed by atoms with Gasteiger partial charge in [0, 0.05) is 11.6 Å². The fraction of sp³-hybridized carbons (Fsp3) is 0.273. The fourth-order valence-electron chi connectivity index (χ4n) is 2.73. The third kappa shape index (κ3) is 4.68. The first-order chi connectivity index (χ1) is 14.1. The minimum atomic E-state index is -0.534. The van der Waals surface area contributed by atoms with Gasteiger partial charge >= 0.3 is 5.97 Å². The number of esters is 1. The molecule has 0 spiro atoms. The maximum atomic E-state index is 12.3. The molecule has 0 bridgehead atoms. The van der Waals surface area contributed by atoms with Crippen LogP contribution in [0.25, 0.3) is 6.08 Å². The minimum absolute atomic E-state index is 0.188. The first-order valence-corrected chi connectivity index (χ1v) is 9.14. The largest absolute Gasteiger partial charge is 0.497 e. The van der Waals surface area contributed by atoms with E-state index >= 15 is 0 Å². The van der Waals surface area contributed by atoms with Crippen molar-refractivity contribution in [2.45, 2.75) is 13.3 Å². The van der Waals surface area contributed by atoms with Crippen molar-refractivity contribution in [3.8, 4) is 23.0 Å². The highest BCUT2D eigenvalue weighted by atomic mass is 16.6. The number of carbonyl (C=O) groups is 1. The van der Waals surface area contributed by atoms with Crippen molar-refractivity contribution in [1.29, 1.82) is 0 Å². The summed E-state index contributed by atoms with van der Waals surface area (Å²) in [6.45, 7) is 2.59. The van der Waals surface area contributed by atoms with Crippen LogP contribution in [0, 0.1) is 0 Å². The molecule has 0 radical (unpaired) electrons. The molecule has 0 saturated carbocycles. The zero-order chi connectivity index (χ0) is 20.8. The van der Waals surface area contributed by atoms with Gasteiger partial charge in [-0.1, -0.05) is 13.0 Å². The number of ether oxygens (including phenoxy) is 5. The van der Waals surface area contributed by atoms with Gasteiger partial charge in [0.2, 0.25) is 5.90 Å². The average molecular weight is 397 g/mol. The smallest absolute Gasteiger partial charge is 0.363 e. The number of benzene rings is 2. The Kier molecular flexibility index (Phi) is 6.39. The second-order valence-electron chi connectivity index (χ2n) is 6.20. The van der Waals surface area contributed by atoms with E-state index in [0.29, 0.717) is 35.2 Å². The Morgan fingerprint density at radius 3 is 2.31 bits per heavy atom. The Morgan fingerprint density at radius 1 is 0.966 bits per heavy atom. The molecule has 0 aromatic heterocycles. The van der Waals surface area contributed by atoms with Crippen LogP contribution >= 0.6 is 0 Å². The number of hydrogen-bond acceptors (Lipinski definition) is 7. The van der Waals surface area contributed by atoms with E-state index in [9.17, 15) is 4.79 Å². The summed E-state index contributed by atoms with van der Waals surface area (Å²) in [6, 6.07) is 10.6. The number of carbonyl (C=O) groups excluding carboxylic acids is 1. The predicted octanol–water partition coefficient (Wildman–Crippen LogP) is 3.85. The Bertz CT molecular complexity index is 942. The lowest BCUT2D eigenvalue weighted by Gasteiger charge is -2.10. The third-order valence-corrected chi connectivity index (χ3v) is 4.17. The number of rotatable bonds is 8. The van der Waals surface area contributed by atoms with E-state index < -0.39 is 5.97 Å². The Hall–Kier alpha value is -3.48. The van der Waals surface area contributed by atoms with Gasteiger partial charge in [-0.2, -0.15) is 0 Å². The topological polar surface area (TPSA) is 75.6 Å². The van der Waals surface area contributed by atoms with E-state index in [1.54, 1.807) is 57.7 Å². The van der Waals surface area contributed by atoms with Crippen LogP contribution < -0.4 is 18.9 Å². The van der Waals surface area contributed by atoms with E-state index in [-0.39, 0.29) is 11.6 Å². The summed E-state index contributed by atoms with van der Waals surface area (Å²) < 4.78 is 26.9. The molecule has 29 heavy (non-hydrogen) atoms. The Balaban J connectivity index is 1.93. The average Bonchev–Trinajstić information content (AvgIpc) is 3.12. The molecular formula is C22H23NO6. The highest BCUT2D eigenvalue weighted by Crippen LogP contribution is 2.30. The van der Waals surface area contributed by atoms with Crippen LogP contribution in [0.2, 0.25) is 0 Å². The molecule has 1 aliphatic heterocycles. The molecule has 152 valence electrons. The van der Waals surface area contributed by atoms with Crippen LogP contribution in [-0.4, -0.2) is 39.8 Å². The molecule has 0 N–H and O–H groups in total. The van der Waals surface area contributed by atoms with Crippen LogP contribution in [0.4, 0.5) is 0 Å². The van der Waals surface area contributed by atoms with Crippen molar-refractivity contribution >= 4 is 17.9 Å². The van der Waals surface area contributed by atoms with Gasteiger partial charge in [0.25, 0.3) is 0 Å². The molecule has 0 unspecified atom stereocenters. The van der Waals surface area contributed by atoms with Gasteiger partial charge in [-0.05, 0) is 42.3 Å². The van der Waals surface area contributed by atoms with E-state index in [0.717, 1.165) is 12.0 Å². The van der Waals surface area contributed by atoms with E-state index in [1.165, 1.54) is 0 Å². The lowest BCUT2D eigenvalue weighted by atomic mass is 10.1. The summed E-state index contributed by atoms with van der Waals surface area (Å²) in [6.07, 6.45) is 2.52. The van der Waals surface area contributed by atoms with Crippen molar-refractivity contribution in [2.75, 3.05) is 27.9 Å². The molecule has 0 aliphatic carbocycles. The lowest BCUT2D eigenvalue weighted by Crippen LogP contribution is -2.06. The predicted molar refractivity (Wildman–Crippen MR) is 109 cm³/mol. The summed E-state index contributed by atoms with van der Waals surface area (Å²) >= 11 is 0. The van der Waals surface area contributed by atoms with Gasteiger partial charge in [0.05, 0.1) is 27.9 Å². The van der Waals surface area contributed by atoms with Crippen LogP contribution in [0.3, 0.4) is 0 Å². The monoisotopic (exact) mass is 397 g/mol. The zero-order valence-corrected chi connectivity index (χ0v) is 16.9. The molecular weight excluding hydrogens is 374 g/mol. The number of nitrogens with zero attached hydrogens (tertiary/aromatic N) is 1.